The molecular formula is C16H25IN6S. The molecule has 24 heavy (non-hydrogen) atoms. The molecule has 0 aromatic carbocycles. The Balaban J connectivity index is 0.00000208. The van der Waals surface area contributed by atoms with Crippen LogP contribution in [0.1, 0.15) is 6.42 Å². The van der Waals surface area contributed by atoms with Crippen molar-refractivity contribution in [3.8, 4) is 0 Å². The van der Waals surface area contributed by atoms with Gasteiger partial charge in [0.1, 0.15) is 0 Å². The van der Waals surface area contributed by atoms with E-state index in [0.717, 1.165) is 51.6 Å². The van der Waals surface area contributed by atoms with Crippen LogP contribution in [0.25, 0.3) is 0 Å². The summed E-state index contributed by atoms with van der Waals surface area (Å²) in [5, 5.41) is 11.2. The van der Waals surface area contributed by atoms with Crippen LogP contribution in [0, 0.1) is 0 Å². The van der Waals surface area contributed by atoms with E-state index in [1.165, 1.54) is 5.00 Å². The van der Waals surface area contributed by atoms with Gasteiger partial charge >= 0.3 is 0 Å². The zero-order chi connectivity index (χ0) is 15.9. The Labute approximate surface area is 164 Å². The molecule has 0 amide bonds. The van der Waals surface area contributed by atoms with Gasteiger partial charge in [0, 0.05) is 58.7 Å². The number of guanidine groups is 1. The summed E-state index contributed by atoms with van der Waals surface area (Å²) in [5.74, 6) is 1.01. The minimum absolute atomic E-state index is 0. The van der Waals surface area contributed by atoms with Gasteiger partial charge < -0.3 is 15.1 Å². The number of thiophene rings is 1. The van der Waals surface area contributed by atoms with E-state index in [0.29, 0.717) is 0 Å². The molecule has 0 spiro atoms. The molecule has 3 heterocycles. The molecule has 1 aliphatic heterocycles. The van der Waals surface area contributed by atoms with E-state index in [-0.39, 0.29) is 24.0 Å². The van der Waals surface area contributed by atoms with E-state index < -0.39 is 0 Å². The molecule has 2 aromatic heterocycles. The number of halogens is 1. The average Bonchev–Trinajstić information content (AvgIpc) is 3.29. The van der Waals surface area contributed by atoms with Crippen molar-refractivity contribution in [1.29, 1.82) is 0 Å². The largest absolute Gasteiger partial charge is 0.360 e. The lowest BCUT2D eigenvalue weighted by Crippen LogP contribution is -2.52. The minimum Gasteiger partial charge on any atom is -0.360 e. The number of aryl methyl sites for hydroxylation is 1. The Hall–Kier alpha value is -1.29. The number of aliphatic imine (C=N–C) groups is 1. The summed E-state index contributed by atoms with van der Waals surface area (Å²) in [5.41, 5.74) is 0. The van der Waals surface area contributed by atoms with Crippen molar-refractivity contribution in [2.45, 2.75) is 13.0 Å². The summed E-state index contributed by atoms with van der Waals surface area (Å²) in [6.45, 7) is 5.97. The van der Waals surface area contributed by atoms with Gasteiger partial charge in [-0.15, -0.1) is 35.3 Å². The standard InChI is InChI=1S/C16H24N6S.HI/c1-17-16(18-6-3-8-22-9-4-7-19-22)21-12-10-20(11-13-21)15-5-2-14-23-15;/h2,4-5,7,9,14H,3,6,8,10-13H2,1H3,(H,17,18);1H. The van der Waals surface area contributed by atoms with E-state index in [1.807, 2.05) is 41.5 Å². The molecule has 0 radical (unpaired) electrons. The van der Waals surface area contributed by atoms with Crippen LogP contribution in [-0.4, -0.2) is 60.4 Å². The van der Waals surface area contributed by atoms with Crippen molar-refractivity contribution in [2.24, 2.45) is 4.99 Å². The third-order valence-corrected chi connectivity index (χ3v) is 4.94. The number of nitrogens with zero attached hydrogens (tertiary/aromatic N) is 5. The monoisotopic (exact) mass is 460 g/mol. The molecule has 0 atom stereocenters. The van der Waals surface area contributed by atoms with E-state index in [9.17, 15) is 0 Å². The first-order valence-electron chi connectivity index (χ1n) is 8.08. The number of hydrogen-bond donors (Lipinski definition) is 1. The van der Waals surface area contributed by atoms with Crippen LogP contribution >= 0.6 is 35.3 Å². The lowest BCUT2D eigenvalue weighted by molar-refractivity contribution is 0.372. The summed E-state index contributed by atoms with van der Waals surface area (Å²) in [4.78, 5) is 9.22. The van der Waals surface area contributed by atoms with Gasteiger partial charge in [-0.2, -0.15) is 5.10 Å². The van der Waals surface area contributed by atoms with Crippen molar-refractivity contribution >= 4 is 46.3 Å². The molecular weight excluding hydrogens is 435 g/mol. The average molecular weight is 460 g/mol. The lowest BCUT2D eigenvalue weighted by atomic mass is 10.3. The summed E-state index contributed by atoms with van der Waals surface area (Å²) >= 11 is 1.81. The van der Waals surface area contributed by atoms with Crippen LogP contribution in [0.5, 0.6) is 0 Å². The summed E-state index contributed by atoms with van der Waals surface area (Å²) in [7, 11) is 1.86. The molecule has 0 aliphatic carbocycles. The summed E-state index contributed by atoms with van der Waals surface area (Å²) in [6, 6.07) is 6.27. The van der Waals surface area contributed by atoms with Crippen LogP contribution in [-0.2, 0) is 6.54 Å². The number of aromatic nitrogens is 2. The second-order valence-electron chi connectivity index (χ2n) is 5.52. The second-order valence-corrected chi connectivity index (χ2v) is 6.45. The quantitative estimate of drug-likeness (QED) is 0.322. The fourth-order valence-electron chi connectivity index (χ4n) is 2.79. The van der Waals surface area contributed by atoms with Gasteiger partial charge in [0.05, 0.1) is 5.00 Å². The zero-order valence-corrected chi connectivity index (χ0v) is 17.1. The molecule has 6 nitrogen and oxygen atoms in total. The van der Waals surface area contributed by atoms with Gasteiger partial charge in [-0.05, 0) is 30.0 Å². The summed E-state index contributed by atoms with van der Waals surface area (Å²) < 4.78 is 1.96. The maximum absolute atomic E-state index is 4.43. The Morgan fingerprint density at radius 1 is 1.29 bits per heavy atom. The molecule has 1 saturated heterocycles. The Kier molecular flexibility index (Phi) is 7.83. The molecule has 0 unspecified atom stereocenters. The van der Waals surface area contributed by atoms with Crippen molar-refractivity contribution < 1.29 is 0 Å². The van der Waals surface area contributed by atoms with Gasteiger partial charge in [0.25, 0.3) is 0 Å². The highest BCUT2D eigenvalue weighted by Crippen LogP contribution is 2.22. The highest BCUT2D eigenvalue weighted by molar-refractivity contribution is 14.0. The van der Waals surface area contributed by atoms with Crippen molar-refractivity contribution in [3.05, 3.63) is 36.0 Å². The van der Waals surface area contributed by atoms with Crippen molar-refractivity contribution in [2.75, 3.05) is 44.7 Å². The Morgan fingerprint density at radius 3 is 2.75 bits per heavy atom. The molecule has 132 valence electrons. The predicted molar refractivity (Wildman–Crippen MR) is 112 cm³/mol. The lowest BCUT2D eigenvalue weighted by Gasteiger charge is -2.37. The van der Waals surface area contributed by atoms with Crippen LogP contribution in [0.15, 0.2) is 41.0 Å². The second kappa shape index (κ2) is 9.87. The summed E-state index contributed by atoms with van der Waals surface area (Å²) in [6.07, 6.45) is 4.86. The first-order chi connectivity index (χ1) is 11.4. The molecule has 1 aliphatic rings. The number of piperazine rings is 1. The normalized spacial score (nSPS) is 15.3. The van der Waals surface area contributed by atoms with E-state index in [4.69, 9.17) is 0 Å². The Morgan fingerprint density at radius 2 is 2.12 bits per heavy atom. The van der Waals surface area contributed by atoms with Gasteiger partial charge in [0.2, 0.25) is 0 Å². The third-order valence-electron chi connectivity index (χ3n) is 4.02. The van der Waals surface area contributed by atoms with Gasteiger partial charge in [0.15, 0.2) is 5.96 Å². The molecule has 1 N–H and O–H groups in total. The predicted octanol–water partition coefficient (Wildman–Crippen LogP) is 2.35. The maximum Gasteiger partial charge on any atom is 0.193 e. The van der Waals surface area contributed by atoms with Crippen LogP contribution in [0.4, 0.5) is 5.00 Å². The van der Waals surface area contributed by atoms with Gasteiger partial charge in [-0.25, -0.2) is 0 Å². The fraction of sp³-hybridized carbons (Fsp3) is 0.500. The van der Waals surface area contributed by atoms with Crippen molar-refractivity contribution in [1.82, 2.24) is 20.0 Å². The Bertz CT molecular complexity index is 590. The number of anilines is 1. The van der Waals surface area contributed by atoms with Crippen molar-refractivity contribution in [3.63, 3.8) is 0 Å². The molecule has 0 saturated carbocycles. The number of nitrogens with one attached hydrogen (secondary N) is 1. The minimum atomic E-state index is 0. The first-order valence-corrected chi connectivity index (χ1v) is 8.96. The van der Waals surface area contributed by atoms with E-state index >= 15 is 0 Å². The van der Waals surface area contributed by atoms with Gasteiger partial charge in [-0.1, -0.05) is 0 Å². The topological polar surface area (TPSA) is 48.7 Å². The molecule has 2 aromatic rings. The number of rotatable bonds is 5. The zero-order valence-electron chi connectivity index (χ0n) is 14.0. The molecule has 3 rings (SSSR count). The molecule has 0 bridgehead atoms. The van der Waals surface area contributed by atoms with E-state index in [2.05, 4.69) is 42.7 Å². The fourth-order valence-corrected chi connectivity index (χ4v) is 3.58. The van der Waals surface area contributed by atoms with Crippen LogP contribution in [0.3, 0.4) is 0 Å². The number of hydrogen-bond acceptors (Lipinski definition) is 4. The van der Waals surface area contributed by atoms with Crippen LogP contribution < -0.4 is 10.2 Å². The SMILES string of the molecule is CN=C(NCCCn1cccn1)N1CCN(c2cccs2)CC1.I. The van der Waals surface area contributed by atoms with Crippen LogP contribution in [0.2, 0.25) is 0 Å². The molecule has 1 fully saturated rings. The highest BCUT2D eigenvalue weighted by Gasteiger charge is 2.19. The first kappa shape index (κ1) is 19.0. The van der Waals surface area contributed by atoms with Gasteiger partial charge in [-0.3, -0.25) is 9.67 Å². The maximum atomic E-state index is 4.43. The highest BCUT2D eigenvalue weighted by atomic mass is 127. The third kappa shape index (κ3) is 5.10. The van der Waals surface area contributed by atoms with E-state index in [1.54, 1.807) is 0 Å². The smallest absolute Gasteiger partial charge is 0.193 e. The molecule has 8 heteroatoms.